The predicted molar refractivity (Wildman–Crippen MR) is 27.9 cm³/mol. The third kappa shape index (κ3) is 0.856. The molecule has 2 radical (unpaired) electrons. The molecule has 2 nitrogen and oxygen atoms in total. The van der Waals surface area contributed by atoms with Crippen LogP contribution in [0.25, 0.3) is 0 Å². The van der Waals surface area contributed by atoms with E-state index in [4.69, 9.17) is 0 Å². The first kappa shape index (κ1) is 4.50. The summed E-state index contributed by atoms with van der Waals surface area (Å²) in [5.41, 5.74) is 1.19. The minimum Gasteiger partial charge on any atom is -0.360 e. The van der Waals surface area contributed by atoms with Gasteiger partial charge in [0, 0.05) is 11.9 Å². The van der Waals surface area contributed by atoms with Gasteiger partial charge in [0.15, 0.2) is 0 Å². The Bertz CT molecular complexity index is 86.1. The summed E-state index contributed by atoms with van der Waals surface area (Å²) in [7, 11) is 0. The van der Waals surface area contributed by atoms with Crippen molar-refractivity contribution in [3.63, 3.8) is 0 Å². The van der Waals surface area contributed by atoms with Gasteiger partial charge in [0.1, 0.15) is 0 Å². The largest absolute Gasteiger partial charge is 0.360 e. The third-order valence-corrected chi connectivity index (χ3v) is 0.923. The number of nitrogens with one attached hydrogen (secondary N) is 2. The molecular formula is C5H8N2. The standard InChI is InChI=1S/C5H8N2/c1-2-5-3-6-4-7-5/h3,6-7H,2H2,1H3. The lowest BCUT2D eigenvalue weighted by Crippen LogP contribution is -2.05. The summed E-state index contributed by atoms with van der Waals surface area (Å²) in [6.45, 7) is 4.82. The third-order valence-electron chi connectivity index (χ3n) is 0.923. The van der Waals surface area contributed by atoms with Crippen LogP contribution in [-0.2, 0) is 0 Å². The van der Waals surface area contributed by atoms with Crippen LogP contribution in [0.4, 0.5) is 0 Å². The van der Waals surface area contributed by atoms with Crippen LogP contribution in [0.3, 0.4) is 0 Å². The van der Waals surface area contributed by atoms with E-state index in [2.05, 4.69) is 24.2 Å². The van der Waals surface area contributed by atoms with Crippen molar-refractivity contribution in [3.8, 4) is 0 Å². The second-order valence-electron chi connectivity index (χ2n) is 1.42. The summed E-state index contributed by atoms with van der Waals surface area (Å²) < 4.78 is 0. The van der Waals surface area contributed by atoms with Gasteiger partial charge in [0.05, 0.1) is 0 Å². The van der Waals surface area contributed by atoms with Gasteiger partial charge < -0.3 is 10.6 Å². The first-order valence-electron chi connectivity index (χ1n) is 2.39. The van der Waals surface area contributed by atoms with Gasteiger partial charge in [0.25, 0.3) is 0 Å². The first-order chi connectivity index (χ1) is 3.43. The lowest BCUT2D eigenvalue weighted by molar-refractivity contribution is 0.901. The molecule has 1 heterocycles. The smallest absolute Gasteiger partial charge is 0.202 e. The monoisotopic (exact) mass is 96.1 g/mol. The fourth-order valence-corrected chi connectivity index (χ4v) is 0.466. The Labute approximate surface area is 43.6 Å². The van der Waals surface area contributed by atoms with Crippen molar-refractivity contribution in [1.29, 1.82) is 0 Å². The lowest BCUT2D eigenvalue weighted by atomic mass is 10.4. The fourth-order valence-electron chi connectivity index (χ4n) is 0.466. The highest BCUT2D eigenvalue weighted by Gasteiger charge is 1.97. The molecule has 38 valence electrons. The zero-order chi connectivity index (χ0) is 5.11. The van der Waals surface area contributed by atoms with Crippen LogP contribution in [0.2, 0.25) is 0 Å². The van der Waals surface area contributed by atoms with Crippen LogP contribution in [0, 0.1) is 6.67 Å². The molecule has 0 atom stereocenters. The van der Waals surface area contributed by atoms with Gasteiger partial charge >= 0.3 is 0 Å². The normalized spacial score (nSPS) is 17.6. The van der Waals surface area contributed by atoms with Crippen LogP contribution < -0.4 is 10.6 Å². The molecule has 0 saturated carbocycles. The van der Waals surface area contributed by atoms with E-state index >= 15 is 0 Å². The highest BCUT2D eigenvalue weighted by atomic mass is 15.1. The molecule has 0 aromatic carbocycles. The molecule has 0 unspecified atom stereocenters. The Hall–Kier alpha value is -0.660. The maximum absolute atomic E-state index is 2.91. The molecule has 0 spiro atoms. The van der Waals surface area contributed by atoms with Crippen molar-refractivity contribution in [1.82, 2.24) is 10.6 Å². The molecule has 0 aromatic rings. The van der Waals surface area contributed by atoms with Crippen molar-refractivity contribution in [2.75, 3.05) is 0 Å². The molecule has 0 aliphatic carbocycles. The maximum Gasteiger partial charge on any atom is 0.202 e. The van der Waals surface area contributed by atoms with Gasteiger partial charge in [-0.15, -0.1) is 0 Å². The summed E-state index contributed by atoms with van der Waals surface area (Å²) in [5.74, 6) is 0. The minimum absolute atomic E-state index is 1.04. The number of rotatable bonds is 1. The highest BCUT2D eigenvalue weighted by Crippen LogP contribution is 1.97. The lowest BCUT2D eigenvalue weighted by Gasteiger charge is -1.91. The van der Waals surface area contributed by atoms with Crippen molar-refractivity contribution in [2.24, 2.45) is 0 Å². The zero-order valence-electron chi connectivity index (χ0n) is 4.28. The van der Waals surface area contributed by atoms with E-state index in [0.29, 0.717) is 0 Å². The van der Waals surface area contributed by atoms with Crippen LogP contribution >= 0.6 is 0 Å². The molecule has 1 aliphatic rings. The quantitative estimate of drug-likeness (QED) is 0.494. The summed E-state index contributed by atoms with van der Waals surface area (Å²) in [5, 5.41) is 5.71. The van der Waals surface area contributed by atoms with Crippen LogP contribution in [0.1, 0.15) is 13.3 Å². The van der Waals surface area contributed by atoms with Gasteiger partial charge in [-0.05, 0) is 6.42 Å². The molecule has 0 bridgehead atoms. The van der Waals surface area contributed by atoms with Crippen molar-refractivity contribution in [3.05, 3.63) is 18.6 Å². The molecule has 2 N–H and O–H groups in total. The van der Waals surface area contributed by atoms with E-state index in [1.807, 2.05) is 6.20 Å². The second kappa shape index (κ2) is 1.87. The summed E-state index contributed by atoms with van der Waals surface area (Å²) in [4.78, 5) is 0. The van der Waals surface area contributed by atoms with Gasteiger partial charge in [-0.3, -0.25) is 0 Å². The first-order valence-corrected chi connectivity index (χ1v) is 2.39. The van der Waals surface area contributed by atoms with Crippen molar-refractivity contribution >= 4 is 0 Å². The molecular weight excluding hydrogens is 88.1 g/mol. The van der Waals surface area contributed by atoms with E-state index in [0.717, 1.165) is 6.42 Å². The fraction of sp³-hybridized carbons (Fsp3) is 0.400. The molecule has 0 saturated heterocycles. The number of allylic oxidation sites excluding steroid dienone is 1. The second-order valence-corrected chi connectivity index (χ2v) is 1.42. The number of hydrogen-bond donors (Lipinski definition) is 2. The predicted octanol–water partition coefficient (Wildman–Crippen LogP) is 0.427. The topological polar surface area (TPSA) is 24.1 Å². The molecule has 0 aromatic heterocycles. The van der Waals surface area contributed by atoms with Gasteiger partial charge in [-0.1, -0.05) is 6.92 Å². The Morgan fingerprint density at radius 3 is 3.00 bits per heavy atom. The van der Waals surface area contributed by atoms with E-state index in [-0.39, 0.29) is 0 Å². The molecule has 7 heavy (non-hydrogen) atoms. The molecule has 0 amide bonds. The van der Waals surface area contributed by atoms with Gasteiger partial charge in [-0.25, -0.2) is 0 Å². The van der Waals surface area contributed by atoms with Crippen LogP contribution in [-0.4, -0.2) is 0 Å². The van der Waals surface area contributed by atoms with Crippen LogP contribution in [0.5, 0.6) is 0 Å². The van der Waals surface area contributed by atoms with Gasteiger partial charge in [-0.2, -0.15) is 0 Å². The number of hydrogen-bond acceptors (Lipinski definition) is 2. The van der Waals surface area contributed by atoms with E-state index < -0.39 is 0 Å². The Morgan fingerprint density at radius 1 is 1.86 bits per heavy atom. The average molecular weight is 96.1 g/mol. The Balaban J connectivity index is 2.36. The Morgan fingerprint density at radius 2 is 2.71 bits per heavy atom. The van der Waals surface area contributed by atoms with E-state index in [1.165, 1.54) is 5.70 Å². The summed E-state index contributed by atoms with van der Waals surface area (Å²) in [6.07, 6.45) is 2.94. The molecule has 1 aliphatic heterocycles. The zero-order valence-corrected chi connectivity index (χ0v) is 4.28. The SMILES string of the molecule is CCC1=CN[C]N1. The van der Waals surface area contributed by atoms with Crippen LogP contribution in [0.15, 0.2) is 11.9 Å². The van der Waals surface area contributed by atoms with Crippen molar-refractivity contribution < 1.29 is 0 Å². The Kier molecular flexibility index (Phi) is 1.20. The molecule has 1 rings (SSSR count). The van der Waals surface area contributed by atoms with Crippen molar-refractivity contribution in [2.45, 2.75) is 13.3 Å². The maximum atomic E-state index is 2.91. The average Bonchev–Trinajstić information content (AvgIpc) is 2.14. The minimum atomic E-state index is 1.04. The summed E-state index contributed by atoms with van der Waals surface area (Å²) >= 11 is 0. The molecule has 2 heteroatoms. The molecule has 0 fully saturated rings. The van der Waals surface area contributed by atoms with E-state index in [1.54, 1.807) is 0 Å². The van der Waals surface area contributed by atoms with E-state index in [9.17, 15) is 0 Å². The summed E-state index contributed by atoms with van der Waals surface area (Å²) in [6, 6.07) is 0. The highest BCUT2D eigenvalue weighted by molar-refractivity contribution is 5.05. The van der Waals surface area contributed by atoms with Gasteiger partial charge in [0.2, 0.25) is 6.67 Å².